The summed E-state index contributed by atoms with van der Waals surface area (Å²) >= 11 is 0. The molecule has 0 bridgehead atoms. The van der Waals surface area contributed by atoms with Crippen molar-refractivity contribution in [2.45, 2.75) is 56.8 Å². The van der Waals surface area contributed by atoms with E-state index >= 15 is 0 Å². The lowest BCUT2D eigenvalue weighted by atomic mass is 9.98. The zero-order valence-electron chi connectivity index (χ0n) is 13.0. The molecule has 1 aromatic carbocycles. The molecular formula is C18H28N2O. The Morgan fingerprint density at radius 1 is 1.14 bits per heavy atom. The highest BCUT2D eigenvalue weighted by molar-refractivity contribution is 5.14. The minimum absolute atomic E-state index is 0.242. The van der Waals surface area contributed by atoms with Crippen molar-refractivity contribution in [2.75, 3.05) is 19.6 Å². The first kappa shape index (κ1) is 15.0. The molecule has 1 saturated heterocycles. The lowest BCUT2D eigenvalue weighted by molar-refractivity contribution is -0.0477. The van der Waals surface area contributed by atoms with Gasteiger partial charge in [-0.05, 0) is 31.2 Å². The van der Waals surface area contributed by atoms with Gasteiger partial charge in [-0.3, -0.25) is 4.90 Å². The Balaban J connectivity index is 1.55. The maximum absolute atomic E-state index is 6.44. The molecule has 2 N–H and O–H groups in total. The molecule has 2 fully saturated rings. The molecule has 3 rings (SSSR count). The van der Waals surface area contributed by atoms with Crippen LogP contribution in [0.15, 0.2) is 30.3 Å². The average molecular weight is 288 g/mol. The zero-order chi connectivity index (χ0) is 14.5. The van der Waals surface area contributed by atoms with E-state index in [4.69, 9.17) is 10.5 Å². The first-order chi connectivity index (χ1) is 10.3. The van der Waals surface area contributed by atoms with Crippen LogP contribution >= 0.6 is 0 Å². The van der Waals surface area contributed by atoms with E-state index in [9.17, 15) is 0 Å². The van der Waals surface area contributed by atoms with Crippen LogP contribution in [-0.2, 0) is 11.3 Å². The van der Waals surface area contributed by atoms with Gasteiger partial charge in [0.25, 0.3) is 0 Å². The van der Waals surface area contributed by atoms with Gasteiger partial charge >= 0.3 is 0 Å². The molecule has 1 saturated carbocycles. The molecule has 21 heavy (non-hydrogen) atoms. The molecule has 1 heterocycles. The fourth-order valence-corrected chi connectivity index (χ4v) is 3.96. The second-order valence-corrected chi connectivity index (χ2v) is 6.68. The predicted molar refractivity (Wildman–Crippen MR) is 86.1 cm³/mol. The van der Waals surface area contributed by atoms with Gasteiger partial charge in [-0.1, -0.05) is 43.2 Å². The normalized spacial score (nSPS) is 24.2. The van der Waals surface area contributed by atoms with E-state index in [1.165, 1.54) is 44.1 Å². The van der Waals surface area contributed by atoms with Crippen molar-refractivity contribution >= 4 is 0 Å². The monoisotopic (exact) mass is 288 g/mol. The molecule has 1 aliphatic carbocycles. The molecule has 1 unspecified atom stereocenters. The fourth-order valence-electron chi connectivity index (χ4n) is 3.96. The minimum atomic E-state index is 0.242. The third-order valence-electron chi connectivity index (χ3n) is 5.01. The summed E-state index contributed by atoms with van der Waals surface area (Å²) < 4.78 is 6.44. The Morgan fingerprint density at radius 3 is 2.62 bits per heavy atom. The van der Waals surface area contributed by atoms with Gasteiger partial charge in [0.05, 0.1) is 11.7 Å². The Hall–Kier alpha value is -0.900. The first-order valence-corrected chi connectivity index (χ1v) is 8.44. The Kier molecular flexibility index (Phi) is 4.94. The Bertz CT molecular complexity index is 428. The zero-order valence-corrected chi connectivity index (χ0v) is 13.0. The number of ether oxygens (including phenoxy) is 1. The van der Waals surface area contributed by atoms with Crippen molar-refractivity contribution < 1.29 is 4.74 Å². The van der Waals surface area contributed by atoms with Crippen LogP contribution in [-0.4, -0.2) is 36.2 Å². The van der Waals surface area contributed by atoms with Crippen LogP contribution < -0.4 is 5.73 Å². The van der Waals surface area contributed by atoms with Gasteiger partial charge in [0, 0.05) is 26.2 Å². The van der Waals surface area contributed by atoms with E-state index in [2.05, 4.69) is 35.2 Å². The summed E-state index contributed by atoms with van der Waals surface area (Å²) in [4.78, 5) is 2.45. The van der Waals surface area contributed by atoms with Gasteiger partial charge in [-0.25, -0.2) is 0 Å². The Labute approximate surface area is 128 Å². The number of hydrogen-bond donors (Lipinski definition) is 1. The molecule has 116 valence electrons. The molecule has 3 nitrogen and oxygen atoms in total. The summed E-state index contributed by atoms with van der Waals surface area (Å²) in [6.07, 6.45) is 8.14. The van der Waals surface area contributed by atoms with Crippen LogP contribution in [0.2, 0.25) is 0 Å². The van der Waals surface area contributed by atoms with Crippen molar-refractivity contribution in [1.29, 1.82) is 0 Å². The number of nitrogens with zero attached hydrogens (tertiary/aromatic N) is 1. The predicted octanol–water partition coefficient (Wildman–Crippen LogP) is 2.94. The van der Waals surface area contributed by atoms with Crippen LogP contribution in [0.25, 0.3) is 0 Å². The highest BCUT2D eigenvalue weighted by Crippen LogP contribution is 2.43. The van der Waals surface area contributed by atoms with Gasteiger partial charge < -0.3 is 10.5 Å². The molecular weight excluding hydrogens is 260 g/mol. The molecule has 1 spiro atoms. The van der Waals surface area contributed by atoms with Crippen LogP contribution in [0.4, 0.5) is 0 Å². The lowest BCUT2D eigenvalue weighted by Crippen LogP contribution is -2.37. The maximum atomic E-state index is 6.44. The number of nitrogens with two attached hydrogens (primary N) is 1. The molecule has 2 aliphatic rings. The van der Waals surface area contributed by atoms with Crippen LogP contribution in [0.1, 0.15) is 44.1 Å². The maximum Gasteiger partial charge on any atom is 0.0710 e. The van der Waals surface area contributed by atoms with Crippen molar-refractivity contribution in [3.8, 4) is 0 Å². The number of hydrogen-bond acceptors (Lipinski definition) is 3. The van der Waals surface area contributed by atoms with Crippen molar-refractivity contribution in [1.82, 2.24) is 4.90 Å². The number of rotatable bonds is 6. The van der Waals surface area contributed by atoms with Crippen LogP contribution in [0.5, 0.6) is 0 Å². The smallest absolute Gasteiger partial charge is 0.0710 e. The molecule has 0 aromatic heterocycles. The van der Waals surface area contributed by atoms with Crippen molar-refractivity contribution in [2.24, 2.45) is 5.73 Å². The van der Waals surface area contributed by atoms with E-state index in [-0.39, 0.29) is 5.60 Å². The molecule has 0 radical (unpaired) electrons. The molecule has 1 aromatic rings. The van der Waals surface area contributed by atoms with Gasteiger partial charge in [-0.2, -0.15) is 0 Å². The summed E-state index contributed by atoms with van der Waals surface area (Å²) in [5.74, 6) is 0. The van der Waals surface area contributed by atoms with Gasteiger partial charge in [0.1, 0.15) is 0 Å². The van der Waals surface area contributed by atoms with E-state index in [1.54, 1.807) is 0 Å². The summed E-state index contributed by atoms with van der Waals surface area (Å²) in [6, 6.07) is 10.7. The first-order valence-electron chi connectivity index (χ1n) is 8.44. The van der Waals surface area contributed by atoms with Gasteiger partial charge in [0.15, 0.2) is 0 Å². The summed E-state index contributed by atoms with van der Waals surface area (Å²) in [5, 5.41) is 0. The highest BCUT2D eigenvalue weighted by Gasteiger charge is 2.42. The lowest BCUT2D eigenvalue weighted by Gasteiger charge is -2.28. The molecule has 1 aliphatic heterocycles. The fraction of sp³-hybridized carbons (Fsp3) is 0.667. The number of benzene rings is 1. The van der Waals surface area contributed by atoms with E-state index in [0.29, 0.717) is 12.6 Å². The minimum Gasteiger partial charge on any atom is -0.370 e. The van der Waals surface area contributed by atoms with Gasteiger partial charge in [0.2, 0.25) is 0 Å². The molecule has 0 amide bonds. The van der Waals surface area contributed by atoms with Gasteiger partial charge in [-0.15, -0.1) is 0 Å². The second-order valence-electron chi connectivity index (χ2n) is 6.68. The SMILES string of the molecule is NCCN(Cc1ccccc1)CC1CCC2(CCCC2)O1. The third kappa shape index (κ3) is 3.85. The topological polar surface area (TPSA) is 38.5 Å². The standard InChI is InChI=1S/C18H28N2O/c19-12-13-20(14-16-6-2-1-3-7-16)15-17-8-11-18(21-17)9-4-5-10-18/h1-3,6-7,17H,4-5,8-15,19H2. The largest absolute Gasteiger partial charge is 0.370 e. The highest BCUT2D eigenvalue weighted by atomic mass is 16.5. The van der Waals surface area contributed by atoms with E-state index in [1.807, 2.05) is 0 Å². The third-order valence-corrected chi connectivity index (χ3v) is 5.01. The van der Waals surface area contributed by atoms with Crippen molar-refractivity contribution in [3.05, 3.63) is 35.9 Å². The summed E-state index contributed by atoms with van der Waals surface area (Å²) in [6.45, 7) is 3.66. The average Bonchev–Trinajstić information content (AvgIpc) is 3.11. The summed E-state index contributed by atoms with van der Waals surface area (Å²) in [7, 11) is 0. The van der Waals surface area contributed by atoms with Crippen LogP contribution in [0.3, 0.4) is 0 Å². The second kappa shape index (κ2) is 6.91. The molecule has 3 heteroatoms. The van der Waals surface area contributed by atoms with Crippen LogP contribution in [0, 0.1) is 0 Å². The quantitative estimate of drug-likeness (QED) is 0.874. The van der Waals surface area contributed by atoms with E-state index in [0.717, 1.165) is 19.6 Å². The summed E-state index contributed by atoms with van der Waals surface area (Å²) in [5.41, 5.74) is 7.39. The molecule has 1 atom stereocenters. The van der Waals surface area contributed by atoms with E-state index < -0.39 is 0 Å². The Morgan fingerprint density at radius 2 is 1.90 bits per heavy atom. The van der Waals surface area contributed by atoms with Crippen molar-refractivity contribution in [3.63, 3.8) is 0 Å².